The second kappa shape index (κ2) is 7.53. The summed E-state index contributed by atoms with van der Waals surface area (Å²) in [6, 6.07) is 6.80. The lowest BCUT2D eigenvalue weighted by atomic mass is 10.1. The van der Waals surface area contributed by atoms with Gasteiger partial charge in [0.05, 0.1) is 11.4 Å². The van der Waals surface area contributed by atoms with Crippen molar-refractivity contribution in [3.63, 3.8) is 0 Å². The summed E-state index contributed by atoms with van der Waals surface area (Å²) in [7, 11) is -0.508. The fraction of sp³-hybridized carbons (Fsp3) is 0.500. The van der Waals surface area contributed by atoms with Crippen molar-refractivity contribution in [3.05, 3.63) is 29.8 Å². The van der Waals surface area contributed by atoms with Gasteiger partial charge in [-0.05, 0) is 31.2 Å². The molecule has 6 nitrogen and oxygen atoms in total. The Bertz CT molecular complexity index is 568. The van der Waals surface area contributed by atoms with Crippen LogP contribution < -0.4 is 10.0 Å². The maximum atomic E-state index is 12.1. The lowest BCUT2D eigenvalue weighted by Crippen LogP contribution is -2.36. The van der Waals surface area contributed by atoms with Crippen LogP contribution in [0, 0.1) is 0 Å². The Morgan fingerprint density at radius 1 is 1.24 bits per heavy atom. The lowest BCUT2D eigenvalue weighted by molar-refractivity contribution is -0.127. The highest BCUT2D eigenvalue weighted by Crippen LogP contribution is 2.16. The van der Waals surface area contributed by atoms with Crippen LogP contribution in [0.1, 0.15) is 25.5 Å². The van der Waals surface area contributed by atoms with Gasteiger partial charge in [0.25, 0.3) is 0 Å². The Morgan fingerprint density at radius 2 is 1.81 bits per heavy atom. The molecule has 1 aromatic rings. The minimum absolute atomic E-state index is 0.154. The molecule has 0 heterocycles. The smallest absolute Gasteiger partial charge is 0.241 e. The fourth-order valence-electron chi connectivity index (χ4n) is 1.76. The maximum Gasteiger partial charge on any atom is 0.241 e. The molecule has 0 fully saturated rings. The van der Waals surface area contributed by atoms with Crippen molar-refractivity contribution in [2.75, 3.05) is 27.2 Å². The first-order chi connectivity index (χ1) is 9.77. The molecule has 1 aromatic carbocycles. The first-order valence-electron chi connectivity index (χ1n) is 6.81. The van der Waals surface area contributed by atoms with Gasteiger partial charge >= 0.3 is 0 Å². The molecule has 0 saturated heterocycles. The summed E-state index contributed by atoms with van der Waals surface area (Å²) in [6.45, 7) is 4.63. The van der Waals surface area contributed by atoms with Crippen molar-refractivity contribution in [2.45, 2.75) is 24.8 Å². The zero-order valence-electron chi connectivity index (χ0n) is 12.9. The van der Waals surface area contributed by atoms with Crippen molar-refractivity contribution in [1.82, 2.24) is 14.9 Å². The minimum Gasteiger partial charge on any atom is -0.348 e. The van der Waals surface area contributed by atoms with Crippen molar-refractivity contribution < 1.29 is 13.2 Å². The van der Waals surface area contributed by atoms with Gasteiger partial charge in [-0.25, -0.2) is 13.1 Å². The molecule has 118 valence electrons. The molecule has 0 aliphatic heterocycles. The number of rotatable bonds is 7. The van der Waals surface area contributed by atoms with Crippen LogP contribution in [-0.4, -0.2) is 46.4 Å². The monoisotopic (exact) mass is 313 g/mol. The number of benzene rings is 1. The zero-order valence-corrected chi connectivity index (χ0v) is 13.7. The number of hydrogen-bond acceptors (Lipinski definition) is 4. The van der Waals surface area contributed by atoms with Crippen molar-refractivity contribution in [1.29, 1.82) is 0 Å². The molecule has 1 atom stereocenters. The normalized spacial score (nSPS) is 13.0. The second-order valence-electron chi connectivity index (χ2n) is 4.96. The minimum atomic E-state index is -3.66. The van der Waals surface area contributed by atoms with Gasteiger partial charge in [0, 0.05) is 20.1 Å². The number of nitrogens with zero attached hydrogens (tertiary/aromatic N) is 1. The first-order valence-corrected chi connectivity index (χ1v) is 8.29. The van der Waals surface area contributed by atoms with Gasteiger partial charge < -0.3 is 10.2 Å². The molecule has 0 aliphatic carbocycles. The number of carbonyl (C=O) groups excluding carboxylic acids is 1. The number of hydrogen-bond donors (Lipinski definition) is 2. The van der Waals surface area contributed by atoms with Crippen LogP contribution in [0.4, 0.5) is 0 Å². The van der Waals surface area contributed by atoms with Crippen LogP contribution in [-0.2, 0) is 14.8 Å². The van der Waals surface area contributed by atoms with Crippen LogP contribution in [0.25, 0.3) is 0 Å². The Morgan fingerprint density at radius 3 is 2.29 bits per heavy atom. The van der Waals surface area contributed by atoms with Gasteiger partial charge in [-0.1, -0.05) is 19.1 Å². The maximum absolute atomic E-state index is 12.1. The van der Waals surface area contributed by atoms with Crippen LogP contribution in [0.3, 0.4) is 0 Å². The van der Waals surface area contributed by atoms with E-state index in [2.05, 4.69) is 10.0 Å². The first kappa shape index (κ1) is 17.6. The van der Waals surface area contributed by atoms with Crippen LogP contribution in [0.5, 0.6) is 0 Å². The van der Waals surface area contributed by atoms with Gasteiger partial charge in [0.2, 0.25) is 15.9 Å². The summed E-state index contributed by atoms with van der Waals surface area (Å²) in [5.41, 5.74) is 1.01. The molecule has 1 rings (SSSR count). The summed E-state index contributed by atoms with van der Waals surface area (Å²) >= 11 is 0. The van der Waals surface area contributed by atoms with E-state index in [0.717, 1.165) is 12.1 Å². The predicted octanol–water partition coefficient (Wildman–Crippen LogP) is 0.724. The Hall–Kier alpha value is -1.44. The van der Waals surface area contributed by atoms with E-state index >= 15 is 0 Å². The van der Waals surface area contributed by atoms with Crippen LogP contribution in [0.15, 0.2) is 29.2 Å². The molecule has 7 heteroatoms. The van der Waals surface area contributed by atoms with E-state index in [9.17, 15) is 13.2 Å². The van der Waals surface area contributed by atoms with Gasteiger partial charge in [-0.2, -0.15) is 0 Å². The molecule has 1 amide bonds. The van der Waals surface area contributed by atoms with Gasteiger partial charge in [-0.15, -0.1) is 0 Å². The molecular formula is C14H23N3O3S. The Balaban J connectivity index is 2.78. The van der Waals surface area contributed by atoms with Crippen molar-refractivity contribution in [2.24, 2.45) is 0 Å². The van der Waals surface area contributed by atoms with Crippen molar-refractivity contribution >= 4 is 15.9 Å². The summed E-state index contributed by atoms with van der Waals surface area (Å²) in [5, 5.41) is 3.26. The number of nitrogens with one attached hydrogen (secondary N) is 2. The topological polar surface area (TPSA) is 78.5 Å². The standard InChI is InChI=1S/C14H23N3O3S/c1-5-15-11(2)12-6-8-13(9-7-12)21(19,20)16-10-14(18)17(3)4/h6-9,11,15-16H,5,10H2,1-4H3. The largest absolute Gasteiger partial charge is 0.348 e. The van der Waals surface area contributed by atoms with Gasteiger partial charge in [0.1, 0.15) is 0 Å². The second-order valence-corrected chi connectivity index (χ2v) is 6.73. The molecule has 0 bridgehead atoms. The third-order valence-electron chi connectivity index (χ3n) is 3.11. The van der Waals surface area contributed by atoms with E-state index in [1.807, 2.05) is 13.8 Å². The number of carbonyl (C=O) groups is 1. The average molecular weight is 313 g/mol. The average Bonchev–Trinajstić information content (AvgIpc) is 2.45. The van der Waals surface area contributed by atoms with E-state index in [1.54, 1.807) is 38.4 Å². The third kappa shape index (κ3) is 5.11. The molecule has 21 heavy (non-hydrogen) atoms. The third-order valence-corrected chi connectivity index (χ3v) is 4.53. The van der Waals surface area contributed by atoms with E-state index in [1.165, 1.54) is 4.90 Å². The highest BCUT2D eigenvalue weighted by Gasteiger charge is 2.16. The number of sulfonamides is 1. The van der Waals surface area contributed by atoms with E-state index in [0.29, 0.717) is 0 Å². The van der Waals surface area contributed by atoms with Crippen LogP contribution >= 0.6 is 0 Å². The summed E-state index contributed by atoms with van der Waals surface area (Å²) in [5.74, 6) is -0.295. The molecule has 1 unspecified atom stereocenters. The van der Waals surface area contributed by atoms with E-state index in [4.69, 9.17) is 0 Å². The number of likely N-dealkylation sites (N-methyl/N-ethyl adjacent to an activating group) is 1. The van der Waals surface area contributed by atoms with Gasteiger partial charge in [-0.3, -0.25) is 4.79 Å². The molecule has 0 spiro atoms. The molecule has 0 aliphatic rings. The van der Waals surface area contributed by atoms with E-state index < -0.39 is 10.0 Å². The predicted molar refractivity (Wildman–Crippen MR) is 82.4 cm³/mol. The van der Waals surface area contributed by atoms with Crippen LogP contribution in [0.2, 0.25) is 0 Å². The Kier molecular flexibility index (Phi) is 6.32. The lowest BCUT2D eigenvalue weighted by Gasteiger charge is -2.14. The van der Waals surface area contributed by atoms with Crippen molar-refractivity contribution in [3.8, 4) is 0 Å². The Labute approximate surface area is 126 Å². The molecule has 2 N–H and O–H groups in total. The quantitative estimate of drug-likeness (QED) is 0.777. The molecular weight excluding hydrogens is 290 g/mol. The highest BCUT2D eigenvalue weighted by molar-refractivity contribution is 7.89. The fourth-order valence-corrected chi connectivity index (χ4v) is 2.73. The summed E-state index contributed by atoms with van der Waals surface area (Å²) in [4.78, 5) is 12.9. The van der Waals surface area contributed by atoms with E-state index in [-0.39, 0.29) is 23.4 Å². The van der Waals surface area contributed by atoms with Gasteiger partial charge in [0.15, 0.2) is 0 Å². The highest BCUT2D eigenvalue weighted by atomic mass is 32.2. The summed E-state index contributed by atoms with van der Waals surface area (Å²) < 4.78 is 26.4. The zero-order chi connectivity index (χ0) is 16.0. The number of amides is 1. The molecule has 0 radical (unpaired) electrons. The molecule has 0 saturated carbocycles. The summed E-state index contributed by atoms with van der Waals surface area (Å²) in [6.07, 6.45) is 0. The molecule has 0 aromatic heterocycles. The SMILES string of the molecule is CCNC(C)c1ccc(S(=O)(=O)NCC(=O)N(C)C)cc1.